The number of nitrogens with one attached hydrogen (secondary N) is 1. The molecule has 1 aliphatic heterocycles. The molecule has 1 aromatic heterocycles. The van der Waals surface area contributed by atoms with Crippen molar-refractivity contribution in [2.45, 2.75) is 13.0 Å². The number of methoxy groups -OCH3 is 3. The summed E-state index contributed by atoms with van der Waals surface area (Å²) in [5.41, 5.74) is 8.29. The first-order valence-corrected chi connectivity index (χ1v) is 9.58. The van der Waals surface area contributed by atoms with Crippen LogP contribution in [0, 0.1) is 0 Å². The number of nitrogens with two attached hydrogens (primary N) is 1. The third-order valence-corrected chi connectivity index (χ3v) is 5.15. The van der Waals surface area contributed by atoms with Crippen molar-refractivity contribution in [2.24, 2.45) is 5.73 Å². The number of carbonyl (C=O) groups excluding carboxylic acids is 1. The number of nitrogens with zero attached hydrogens (tertiary/aromatic N) is 3. The molecule has 3 N–H and O–H groups in total. The van der Waals surface area contributed by atoms with Crippen molar-refractivity contribution >= 4 is 11.9 Å². The lowest BCUT2D eigenvalue weighted by Gasteiger charge is -2.28. The highest BCUT2D eigenvalue weighted by Gasteiger charge is 2.34. The van der Waals surface area contributed by atoms with Gasteiger partial charge in [0.05, 0.1) is 26.9 Å². The molecule has 31 heavy (non-hydrogen) atoms. The Morgan fingerprint density at radius 3 is 2.26 bits per heavy atom. The molecule has 4 rings (SSSR count). The van der Waals surface area contributed by atoms with Crippen molar-refractivity contribution in [3.63, 3.8) is 0 Å². The molecule has 9 heteroatoms. The smallest absolute Gasteiger partial charge is 0.248 e. The Labute approximate surface area is 179 Å². The van der Waals surface area contributed by atoms with Gasteiger partial charge in [0.2, 0.25) is 17.6 Å². The van der Waals surface area contributed by atoms with Crippen LogP contribution in [-0.4, -0.2) is 42.0 Å². The van der Waals surface area contributed by atoms with Gasteiger partial charge in [0.25, 0.3) is 0 Å². The van der Waals surface area contributed by atoms with Gasteiger partial charge >= 0.3 is 0 Å². The third kappa shape index (κ3) is 3.43. The molecule has 2 heterocycles. The fraction of sp³-hybridized carbons (Fsp3) is 0.227. The largest absolute Gasteiger partial charge is 0.493 e. The van der Waals surface area contributed by atoms with E-state index in [0.29, 0.717) is 45.9 Å². The van der Waals surface area contributed by atoms with Crippen LogP contribution in [0.3, 0.4) is 0 Å². The Morgan fingerprint density at radius 2 is 1.71 bits per heavy atom. The first-order valence-electron chi connectivity index (χ1n) is 9.58. The minimum absolute atomic E-state index is 0.367. The number of aromatic nitrogens is 3. The zero-order valence-electron chi connectivity index (χ0n) is 17.7. The molecule has 1 aliphatic rings. The zero-order valence-corrected chi connectivity index (χ0v) is 17.7. The maximum absolute atomic E-state index is 12.4. The van der Waals surface area contributed by atoms with E-state index in [9.17, 15) is 4.79 Å². The number of primary amides is 1. The van der Waals surface area contributed by atoms with Crippen LogP contribution in [0.1, 0.15) is 18.5 Å². The molecule has 9 nitrogen and oxygen atoms in total. The predicted molar refractivity (Wildman–Crippen MR) is 115 cm³/mol. The molecular formula is C22H23N5O4. The van der Waals surface area contributed by atoms with Gasteiger partial charge in [-0.05, 0) is 24.6 Å². The van der Waals surface area contributed by atoms with Crippen LogP contribution in [0.2, 0.25) is 0 Å². The molecule has 0 saturated heterocycles. The molecule has 0 fully saturated rings. The number of carbonyl (C=O) groups is 1. The number of amides is 1. The van der Waals surface area contributed by atoms with Crippen molar-refractivity contribution < 1.29 is 19.0 Å². The van der Waals surface area contributed by atoms with E-state index in [0.717, 1.165) is 5.56 Å². The van der Waals surface area contributed by atoms with Gasteiger partial charge in [0.15, 0.2) is 17.3 Å². The Balaban J connectivity index is 1.94. The second kappa shape index (κ2) is 8.02. The quantitative estimate of drug-likeness (QED) is 0.629. The molecule has 160 valence electrons. The van der Waals surface area contributed by atoms with Crippen molar-refractivity contribution in [1.29, 1.82) is 0 Å². The average Bonchev–Trinajstić information content (AvgIpc) is 3.21. The van der Waals surface area contributed by atoms with Gasteiger partial charge in [-0.15, -0.1) is 5.10 Å². The van der Waals surface area contributed by atoms with E-state index in [1.54, 1.807) is 23.7 Å². The molecule has 0 spiro atoms. The Morgan fingerprint density at radius 1 is 1.06 bits per heavy atom. The highest BCUT2D eigenvalue weighted by Crippen LogP contribution is 2.43. The van der Waals surface area contributed by atoms with E-state index in [1.807, 2.05) is 30.3 Å². The number of ether oxygens (including phenoxy) is 3. The normalized spacial score (nSPS) is 15.2. The summed E-state index contributed by atoms with van der Waals surface area (Å²) in [5.74, 6) is 1.83. The van der Waals surface area contributed by atoms with Gasteiger partial charge in [-0.3, -0.25) is 4.79 Å². The lowest BCUT2D eigenvalue weighted by molar-refractivity contribution is -0.115. The van der Waals surface area contributed by atoms with Crippen molar-refractivity contribution in [1.82, 2.24) is 14.8 Å². The van der Waals surface area contributed by atoms with Crippen LogP contribution in [0.25, 0.3) is 11.4 Å². The van der Waals surface area contributed by atoms with Crippen molar-refractivity contribution in [3.05, 3.63) is 59.3 Å². The number of hydrogen-bond donors (Lipinski definition) is 2. The molecule has 2 aromatic carbocycles. The van der Waals surface area contributed by atoms with Gasteiger partial charge in [-0.25, -0.2) is 4.68 Å². The molecule has 0 saturated carbocycles. The molecular weight excluding hydrogens is 398 g/mol. The summed E-state index contributed by atoms with van der Waals surface area (Å²) in [6, 6.07) is 12.5. The molecule has 3 aromatic rings. The summed E-state index contributed by atoms with van der Waals surface area (Å²) in [7, 11) is 4.60. The van der Waals surface area contributed by atoms with Gasteiger partial charge in [-0.1, -0.05) is 30.3 Å². The van der Waals surface area contributed by atoms with Crippen molar-refractivity contribution in [2.75, 3.05) is 26.6 Å². The van der Waals surface area contributed by atoms with E-state index in [4.69, 9.17) is 19.9 Å². The van der Waals surface area contributed by atoms with E-state index in [2.05, 4.69) is 15.4 Å². The van der Waals surface area contributed by atoms with Crippen molar-refractivity contribution in [3.8, 4) is 28.6 Å². The lowest BCUT2D eigenvalue weighted by Crippen LogP contribution is -2.31. The predicted octanol–water partition coefficient (Wildman–Crippen LogP) is 2.75. The lowest BCUT2D eigenvalue weighted by atomic mass is 9.94. The van der Waals surface area contributed by atoms with Crippen LogP contribution in [0.5, 0.6) is 17.2 Å². The highest BCUT2D eigenvalue weighted by molar-refractivity contribution is 5.95. The SMILES string of the molecule is COc1cc([C@H]2C(C(N)=O)=C(C)Nc3nc(-c4ccccc4)nn32)cc(OC)c1OC. The van der Waals surface area contributed by atoms with Crippen LogP contribution in [-0.2, 0) is 4.79 Å². The molecule has 0 unspecified atom stereocenters. The van der Waals surface area contributed by atoms with Crippen LogP contribution < -0.4 is 25.3 Å². The third-order valence-electron chi connectivity index (χ3n) is 5.15. The average molecular weight is 421 g/mol. The Hall–Kier alpha value is -4.01. The second-order valence-electron chi connectivity index (χ2n) is 6.96. The number of fused-ring (bicyclic) bond motifs is 1. The zero-order chi connectivity index (χ0) is 22.1. The summed E-state index contributed by atoms with van der Waals surface area (Å²) in [5, 5.41) is 7.83. The van der Waals surface area contributed by atoms with Gasteiger partial charge in [-0.2, -0.15) is 4.98 Å². The number of benzene rings is 2. The Bertz CT molecular complexity index is 1140. The molecule has 1 amide bonds. The fourth-order valence-corrected chi connectivity index (χ4v) is 3.75. The minimum atomic E-state index is -0.632. The number of hydrogen-bond acceptors (Lipinski definition) is 7. The van der Waals surface area contributed by atoms with Crippen LogP contribution in [0.15, 0.2) is 53.7 Å². The second-order valence-corrected chi connectivity index (χ2v) is 6.96. The summed E-state index contributed by atoms with van der Waals surface area (Å²) in [6.07, 6.45) is 0. The summed E-state index contributed by atoms with van der Waals surface area (Å²) in [6.45, 7) is 1.78. The monoisotopic (exact) mass is 421 g/mol. The highest BCUT2D eigenvalue weighted by atomic mass is 16.5. The summed E-state index contributed by atoms with van der Waals surface area (Å²) >= 11 is 0. The first-order chi connectivity index (χ1) is 15.0. The van der Waals surface area contributed by atoms with E-state index in [1.165, 1.54) is 21.3 Å². The van der Waals surface area contributed by atoms with E-state index in [-0.39, 0.29) is 0 Å². The number of anilines is 1. The van der Waals surface area contributed by atoms with E-state index >= 15 is 0 Å². The first kappa shape index (κ1) is 20.3. The van der Waals surface area contributed by atoms with Crippen LogP contribution >= 0.6 is 0 Å². The van der Waals surface area contributed by atoms with Gasteiger partial charge in [0, 0.05) is 11.3 Å². The fourth-order valence-electron chi connectivity index (χ4n) is 3.75. The minimum Gasteiger partial charge on any atom is -0.493 e. The maximum Gasteiger partial charge on any atom is 0.248 e. The van der Waals surface area contributed by atoms with E-state index < -0.39 is 11.9 Å². The standard InChI is InChI=1S/C22H23N5O4/c1-12-17(20(23)28)18(14-10-15(29-2)19(31-4)16(11-14)30-3)27-22(24-12)25-21(26-27)13-8-6-5-7-9-13/h5-11,18H,1-4H3,(H2,23,28)(H,24,25,26)/t18-/m0/s1. The number of allylic oxidation sites excluding steroid dienone is 1. The number of rotatable bonds is 6. The molecule has 0 radical (unpaired) electrons. The molecule has 0 bridgehead atoms. The van der Waals surface area contributed by atoms with Gasteiger partial charge in [0.1, 0.15) is 6.04 Å². The molecule has 0 aliphatic carbocycles. The summed E-state index contributed by atoms with van der Waals surface area (Å²) < 4.78 is 18.1. The topological polar surface area (TPSA) is 114 Å². The summed E-state index contributed by atoms with van der Waals surface area (Å²) in [4.78, 5) is 17.1. The molecule has 1 atom stereocenters. The van der Waals surface area contributed by atoms with Crippen LogP contribution in [0.4, 0.5) is 5.95 Å². The van der Waals surface area contributed by atoms with Gasteiger partial charge < -0.3 is 25.3 Å². The maximum atomic E-state index is 12.4. The Kier molecular flexibility index (Phi) is 5.24.